The summed E-state index contributed by atoms with van der Waals surface area (Å²) in [5.74, 6) is -0.914. The molecular weight excluding hydrogens is 255 g/mol. The molecule has 0 aliphatic carbocycles. The van der Waals surface area contributed by atoms with Crippen LogP contribution in [0.1, 0.15) is 50.5 Å². The lowest BCUT2D eigenvalue weighted by Crippen LogP contribution is -2.12. The first-order chi connectivity index (χ1) is 8.45. The highest BCUT2D eigenvalue weighted by Crippen LogP contribution is 2.22. The molecule has 0 amide bonds. The smallest absolute Gasteiger partial charge is 0.339 e. The van der Waals surface area contributed by atoms with E-state index >= 15 is 0 Å². The minimum atomic E-state index is -0.519. The monoisotopic (exact) mass is 274 g/mol. The van der Waals surface area contributed by atoms with Gasteiger partial charge in [-0.3, -0.25) is 0 Å². The van der Waals surface area contributed by atoms with Crippen molar-refractivity contribution < 1.29 is 13.9 Å². The zero-order valence-corrected chi connectivity index (χ0v) is 12.3. The molecular formula is C14H20ClFO2. The van der Waals surface area contributed by atoms with Crippen molar-refractivity contribution in [3.63, 3.8) is 0 Å². The number of benzene rings is 1. The number of rotatable bonds is 3. The third kappa shape index (κ3) is 4.65. The van der Waals surface area contributed by atoms with Gasteiger partial charge in [-0.2, -0.15) is 0 Å². The van der Waals surface area contributed by atoms with Gasteiger partial charge in [-0.15, -0.1) is 0 Å². The summed E-state index contributed by atoms with van der Waals surface area (Å²) in [7, 11) is 0. The maximum absolute atomic E-state index is 13.3. The number of hydrogen-bond acceptors (Lipinski definition) is 2. The second kappa shape index (κ2) is 8.09. The first-order valence-corrected chi connectivity index (χ1v) is 6.52. The molecule has 0 aliphatic rings. The maximum atomic E-state index is 13.3. The lowest BCUT2D eigenvalue weighted by Gasteiger charge is -2.10. The topological polar surface area (TPSA) is 26.3 Å². The number of carbonyl (C=O) groups is 1. The lowest BCUT2D eigenvalue weighted by molar-refractivity contribution is 0.0378. The van der Waals surface area contributed by atoms with Gasteiger partial charge in [0.25, 0.3) is 0 Å². The molecule has 1 aromatic rings. The van der Waals surface area contributed by atoms with Crippen LogP contribution in [0.25, 0.3) is 0 Å². The fraction of sp³-hybridized carbons (Fsp3) is 0.500. The van der Waals surface area contributed by atoms with Crippen molar-refractivity contribution in [3.05, 3.63) is 34.1 Å². The van der Waals surface area contributed by atoms with Crippen LogP contribution in [0.2, 0.25) is 5.02 Å². The number of halogens is 2. The molecule has 0 saturated heterocycles. The van der Waals surface area contributed by atoms with Gasteiger partial charge in [0, 0.05) is 0 Å². The summed E-state index contributed by atoms with van der Waals surface area (Å²) in [6, 6.07) is 2.60. The highest BCUT2D eigenvalue weighted by molar-refractivity contribution is 6.33. The van der Waals surface area contributed by atoms with E-state index in [0.29, 0.717) is 12.0 Å². The van der Waals surface area contributed by atoms with Crippen molar-refractivity contribution in [1.29, 1.82) is 0 Å². The normalized spacial score (nSPS) is 9.78. The second-order valence-electron chi connectivity index (χ2n) is 3.73. The summed E-state index contributed by atoms with van der Waals surface area (Å²) >= 11 is 5.80. The van der Waals surface area contributed by atoms with Gasteiger partial charge >= 0.3 is 5.97 Å². The first kappa shape index (κ1) is 16.9. The van der Waals surface area contributed by atoms with E-state index in [-0.39, 0.29) is 16.7 Å². The van der Waals surface area contributed by atoms with Crippen LogP contribution in [0.15, 0.2) is 12.1 Å². The van der Waals surface area contributed by atoms with Crippen molar-refractivity contribution in [3.8, 4) is 0 Å². The van der Waals surface area contributed by atoms with Crippen LogP contribution in [0.4, 0.5) is 4.39 Å². The number of aryl methyl sites for hydroxylation is 1. The molecule has 0 bridgehead atoms. The van der Waals surface area contributed by atoms with Crippen LogP contribution in [-0.2, 0) is 11.2 Å². The molecule has 4 heteroatoms. The van der Waals surface area contributed by atoms with Gasteiger partial charge < -0.3 is 4.74 Å². The third-order valence-corrected chi connectivity index (χ3v) is 2.39. The minimum absolute atomic E-state index is 0.0837. The van der Waals surface area contributed by atoms with Crippen LogP contribution in [0.5, 0.6) is 0 Å². The van der Waals surface area contributed by atoms with Crippen molar-refractivity contribution in [1.82, 2.24) is 0 Å². The van der Waals surface area contributed by atoms with Gasteiger partial charge in [0.2, 0.25) is 0 Å². The molecule has 0 aromatic heterocycles. The highest BCUT2D eigenvalue weighted by Gasteiger charge is 2.16. The zero-order valence-electron chi connectivity index (χ0n) is 11.5. The Hall–Kier alpha value is -1.09. The van der Waals surface area contributed by atoms with E-state index in [2.05, 4.69) is 0 Å². The molecule has 1 rings (SSSR count). The van der Waals surface area contributed by atoms with Gasteiger partial charge in [-0.25, -0.2) is 9.18 Å². The van der Waals surface area contributed by atoms with E-state index in [9.17, 15) is 9.18 Å². The lowest BCUT2D eigenvalue weighted by atomic mass is 10.1. The van der Waals surface area contributed by atoms with Crippen molar-refractivity contribution in [2.45, 2.75) is 47.1 Å². The Morgan fingerprint density at radius 2 is 1.94 bits per heavy atom. The van der Waals surface area contributed by atoms with Gasteiger partial charge in [0.1, 0.15) is 5.82 Å². The molecule has 0 atom stereocenters. The predicted molar refractivity (Wildman–Crippen MR) is 72.7 cm³/mol. The van der Waals surface area contributed by atoms with E-state index in [1.165, 1.54) is 6.07 Å². The summed E-state index contributed by atoms with van der Waals surface area (Å²) in [4.78, 5) is 11.6. The molecule has 1 aromatic carbocycles. The predicted octanol–water partition coefficient (Wildman–Crippen LogP) is 4.63. The summed E-state index contributed by atoms with van der Waals surface area (Å²) in [6.45, 7) is 9.30. The molecule has 0 N–H and O–H groups in total. The first-order valence-electron chi connectivity index (χ1n) is 6.14. The molecule has 18 heavy (non-hydrogen) atoms. The Morgan fingerprint density at radius 1 is 1.39 bits per heavy atom. The second-order valence-corrected chi connectivity index (χ2v) is 4.14. The van der Waals surface area contributed by atoms with Gasteiger partial charge in [-0.05, 0) is 38.0 Å². The number of esters is 1. The quantitative estimate of drug-likeness (QED) is 0.751. The van der Waals surface area contributed by atoms with Crippen LogP contribution in [0, 0.1) is 5.82 Å². The molecule has 102 valence electrons. The van der Waals surface area contributed by atoms with E-state index in [0.717, 1.165) is 6.07 Å². The molecule has 0 spiro atoms. The Labute approximate surface area is 113 Å². The van der Waals surface area contributed by atoms with E-state index in [1.807, 2.05) is 20.8 Å². The average Bonchev–Trinajstić information content (AvgIpc) is 2.30. The largest absolute Gasteiger partial charge is 0.459 e. The fourth-order valence-corrected chi connectivity index (χ4v) is 1.53. The molecule has 0 fully saturated rings. The average molecular weight is 275 g/mol. The maximum Gasteiger partial charge on any atom is 0.339 e. The minimum Gasteiger partial charge on any atom is -0.459 e. The summed E-state index contributed by atoms with van der Waals surface area (Å²) in [5, 5.41) is 0.0837. The Balaban J connectivity index is 0.00000137. The Bertz CT molecular complexity index is 403. The van der Waals surface area contributed by atoms with Crippen LogP contribution in [0.3, 0.4) is 0 Å². The van der Waals surface area contributed by atoms with Gasteiger partial charge in [0.15, 0.2) is 0 Å². The third-order valence-electron chi connectivity index (χ3n) is 2.08. The van der Waals surface area contributed by atoms with Crippen LogP contribution >= 0.6 is 11.6 Å². The van der Waals surface area contributed by atoms with Crippen molar-refractivity contribution in [2.75, 3.05) is 0 Å². The van der Waals surface area contributed by atoms with E-state index in [4.69, 9.17) is 16.3 Å². The molecule has 0 radical (unpaired) electrons. The van der Waals surface area contributed by atoms with E-state index in [1.54, 1.807) is 13.8 Å². The SMILES string of the molecule is CC.CCc1cc(C(=O)OC(C)C)c(Cl)cc1F. The number of carbonyl (C=O) groups excluding carboxylic acids is 1. The summed E-state index contributed by atoms with van der Waals surface area (Å²) < 4.78 is 18.3. The highest BCUT2D eigenvalue weighted by atomic mass is 35.5. The van der Waals surface area contributed by atoms with E-state index < -0.39 is 11.8 Å². The molecule has 0 heterocycles. The summed E-state index contributed by atoms with van der Waals surface area (Å²) in [5.41, 5.74) is 0.675. The Morgan fingerprint density at radius 3 is 2.39 bits per heavy atom. The molecule has 0 unspecified atom stereocenters. The fourth-order valence-electron chi connectivity index (χ4n) is 1.30. The zero-order chi connectivity index (χ0) is 14.3. The Kier molecular flexibility index (Phi) is 7.60. The molecule has 2 nitrogen and oxygen atoms in total. The number of hydrogen-bond donors (Lipinski definition) is 0. The van der Waals surface area contributed by atoms with Crippen LogP contribution < -0.4 is 0 Å². The number of ether oxygens (including phenoxy) is 1. The van der Waals surface area contributed by atoms with Gasteiger partial charge in [0.05, 0.1) is 16.7 Å². The molecule has 0 saturated carbocycles. The standard InChI is InChI=1S/C12H14ClFO2.C2H6/c1-4-8-5-9(10(13)6-11(8)14)12(15)16-7(2)3;1-2/h5-7H,4H2,1-3H3;1-2H3. The summed E-state index contributed by atoms with van der Waals surface area (Å²) in [6.07, 6.45) is 0.281. The van der Waals surface area contributed by atoms with Gasteiger partial charge in [-0.1, -0.05) is 32.4 Å². The van der Waals surface area contributed by atoms with Crippen LogP contribution in [-0.4, -0.2) is 12.1 Å². The van der Waals surface area contributed by atoms with Crippen molar-refractivity contribution >= 4 is 17.6 Å². The van der Waals surface area contributed by atoms with Crippen molar-refractivity contribution in [2.24, 2.45) is 0 Å². The molecule has 0 aliphatic heterocycles.